The molecule has 10 heteroatoms. The summed E-state index contributed by atoms with van der Waals surface area (Å²) in [4.78, 5) is 37.8. The Morgan fingerprint density at radius 3 is 1.23 bits per heavy atom. The fourth-order valence-corrected chi connectivity index (χ4v) is 8.27. The van der Waals surface area contributed by atoms with Crippen LogP contribution in [0.25, 0.3) is 0 Å². The van der Waals surface area contributed by atoms with E-state index in [2.05, 4.69) is 62.5 Å². The van der Waals surface area contributed by atoms with Crippen LogP contribution in [0.2, 0.25) is 0 Å². The number of carbonyl (C=O) groups excluding carboxylic acids is 2. The third-order valence-electron chi connectivity index (χ3n) is 11.8. The van der Waals surface area contributed by atoms with Gasteiger partial charge in [0.1, 0.15) is 19.8 Å². The molecule has 0 fully saturated rings. The van der Waals surface area contributed by atoms with Crippen molar-refractivity contribution in [3.8, 4) is 0 Å². The summed E-state index contributed by atoms with van der Waals surface area (Å²) in [6, 6.07) is 0. The summed E-state index contributed by atoms with van der Waals surface area (Å²) >= 11 is 0. The summed E-state index contributed by atoms with van der Waals surface area (Å²) in [5, 5.41) is 0. The molecule has 66 heavy (non-hydrogen) atoms. The summed E-state index contributed by atoms with van der Waals surface area (Å²) in [7, 11) is 1.16. The molecule has 0 aliphatic carbocycles. The van der Waals surface area contributed by atoms with Crippen LogP contribution in [0.1, 0.15) is 245 Å². The van der Waals surface area contributed by atoms with E-state index in [9.17, 15) is 19.0 Å². The summed E-state index contributed by atoms with van der Waals surface area (Å²) < 4.78 is 34.1. The van der Waals surface area contributed by atoms with Crippen molar-refractivity contribution >= 4 is 19.8 Å². The lowest BCUT2D eigenvalue weighted by atomic mass is 10.0. The van der Waals surface area contributed by atoms with Crippen molar-refractivity contribution in [3.63, 3.8) is 0 Å². The van der Waals surface area contributed by atoms with Crippen molar-refractivity contribution in [2.24, 2.45) is 0 Å². The maximum absolute atomic E-state index is 12.8. The molecule has 0 amide bonds. The number of ether oxygens (including phenoxy) is 2. The van der Waals surface area contributed by atoms with E-state index >= 15 is 0 Å². The molecule has 0 rings (SSSR count). The van der Waals surface area contributed by atoms with Crippen LogP contribution in [0.3, 0.4) is 0 Å². The zero-order valence-electron chi connectivity index (χ0n) is 43.6. The smallest absolute Gasteiger partial charge is 0.306 e. The Morgan fingerprint density at radius 2 is 0.818 bits per heavy atom. The van der Waals surface area contributed by atoms with Gasteiger partial charge in [-0.15, -0.1) is 0 Å². The predicted octanol–water partition coefficient (Wildman–Crippen LogP) is 16.0. The number of phosphoric acid groups is 1. The third kappa shape index (κ3) is 51.4. The SMILES string of the molecule is CCCCCCC/C=C\C/C=C\C/C=C\CCCCCCCCCCCCC(=O)OC(COC(=O)CCCCCCCCC/C=C\CCCCCCCC)COP(=O)([O-])OCC[N+](C)(C)C. The maximum Gasteiger partial charge on any atom is 0.306 e. The number of hydrogen-bond donors (Lipinski definition) is 0. The van der Waals surface area contributed by atoms with Gasteiger partial charge in [-0.2, -0.15) is 0 Å². The molecule has 0 bridgehead atoms. The fraction of sp³-hybridized carbons (Fsp3) is 0.821. The summed E-state index contributed by atoms with van der Waals surface area (Å²) in [5.41, 5.74) is 0. The lowest BCUT2D eigenvalue weighted by Crippen LogP contribution is -2.37. The van der Waals surface area contributed by atoms with Gasteiger partial charge in [-0.1, -0.05) is 204 Å². The van der Waals surface area contributed by atoms with E-state index in [1.807, 2.05) is 21.1 Å². The monoisotopic (exact) mass is 950 g/mol. The van der Waals surface area contributed by atoms with E-state index in [1.54, 1.807) is 0 Å². The number of esters is 2. The molecule has 0 spiro atoms. The van der Waals surface area contributed by atoms with E-state index in [0.717, 1.165) is 70.6 Å². The van der Waals surface area contributed by atoms with Gasteiger partial charge >= 0.3 is 11.9 Å². The van der Waals surface area contributed by atoms with E-state index in [4.69, 9.17) is 18.5 Å². The number of carbonyl (C=O) groups is 2. The normalized spacial score (nSPS) is 13.7. The highest BCUT2D eigenvalue weighted by molar-refractivity contribution is 7.45. The van der Waals surface area contributed by atoms with Crippen molar-refractivity contribution < 1.29 is 42.1 Å². The van der Waals surface area contributed by atoms with Crippen LogP contribution in [0, 0.1) is 0 Å². The molecule has 0 saturated heterocycles. The van der Waals surface area contributed by atoms with E-state index < -0.39 is 26.5 Å². The molecular weight excluding hydrogens is 846 g/mol. The highest BCUT2D eigenvalue weighted by atomic mass is 31.2. The van der Waals surface area contributed by atoms with E-state index in [1.165, 1.54) is 141 Å². The van der Waals surface area contributed by atoms with Crippen LogP contribution in [0.15, 0.2) is 48.6 Å². The standard InChI is InChI=1S/C56H104NO8P/c1-6-8-10-12-14-16-18-20-22-24-25-26-27-28-29-30-31-33-35-37-39-41-43-45-47-49-56(59)65-54(53-64-66(60,61)63-51-50-57(3,4)5)52-62-55(58)48-46-44-42-40-38-36-34-32-23-21-19-17-15-13-11-9-7-2/h18,20-21,23-25,27-28,54H,6-17,19,22,26,29-53H2,1-5H3/b20-18-,23-21-,25-24-,28-27-. The van der Waals surface area contributed by atoms with Crippen LogP contribution in [-0.4, -0.2) is 70.0 Å². The number of allylic oxidation sites excluding steroid dienone is 8. The molecule has 0 aromatic rings. The quantitative estimate of drug-likeness (QED) is 0.0195. The van der Waals surface area contributed by atoms with Crippen LogP contribution in [-0.2, 0) is 32.7 Å². The molecule has 0 aromatic carbocycles. The number of rotatable bonds is 50. The number of nitrogens with zero attached hydrogens (tertiary/aromatic N) is 1. The van der Waals surface area contributed by atoms with Crippen LogP contribution in [0.4, 0.5) is 0 Å². The highest BCUT2D eigenvalue weighted by Crippen LogP contribution is 2.38. The first-order chi connectivity index (χ1) is 32.0. The molecule has 0 aliphatic rings. The van der Waals surface area contributed by atoms with Gasteiger partial charge in [-0.25, -0.2) is 0 Å². The number of likely N-dealkylation sites (N-methyl/N-ethyl adjacent to an activating group) is 1. The van der Waals surface area contributed by atoms with Gasteiger partial charge in [0.05, 0.1) is 27.7 Å². The average Bonchev–Trinajstić information content (AvgIpc) is 3.27. The largest absolute Gasteiger partial charge is 0.756 e. The molecule has 386 valence electrons. The van der Waals surface area contributed by atoms with Gasteiger partial charge in [0.15, 0.2) is 6.10 Å². The first-order valence-corrected chi connectivity index (χ1v) is 28.8. The van der Waals surface area contributed by atoms with Crippen molar-refractivity contribution in [3.05, 3.63) is 48.6 Å². The van der Waals surface area contributed by atoms with E-state index in [-0.39, 0.29) is 32.0 Å². The minimum atomic E-state index is -4.63. The highest BCUT2D eigenvalue weighted by Gasteiger charge is 2.21. The summed E-state index contributed by atoms with van der Waals surface area (Å²) in [5.74, 6) is -0.838. The van der Waals surface area contributed by atoms with Gasteiger partial charge in [0, 0.05) is 12.8 Å². The second kappa shape index (κ2) is 48.0. The molecule has 2 unspecified atom stereocenters. The fourth-order valence-electron chi connectivity index (χ4n) is 7.54. The maximum atomic E-state index is 12.8. The molecule has 0 aliphatic heterocycles. The third-order valence-corrected chi connectivity index (χ3v) is 12.8. The molecule has 0 N–H and O–H groups in total. The number of quaternary nitrogens is 1. The Kier molecular flexibility index (Phi) is 46.5. The Morgan fingerprint density at radius 1 is 0.470 bits per heavy atom. The van der Waals surface area contributed by atoms with Gasteiger partial charge in [0.2, 0.25) is 0 Å². The van der Waals surface area contributed by atoms with Crippen LogP contribution >= 0.6 is 7.82 Å². The molecule has 2 atom stereocenters. The van der Waals surface area contributed by atoms with Crippen LogP contribution < -0.4 is 4.89 Å². The second-order valence-corrected chi connectivity index (χ2v) is 21.0. The molecule has 0 heterocycles. The van der Waals surface area contributed by atoms with Crippen molar-refractivity contribution in [1.29, 1.82) is 0 Å². The van der Waals surface area contributed by atoms with Gasteiger partial charge in [-0.05, 0) is 77.0 Å². The van der Waals surface area contributed by atoms with Crippen LogP contribution in [0.5, 0.6) is 0 Å². The zero-order chi connectivity index (χ0) is 48.5. The summed E-state index contributed by atoms with van der Waals surface area (Å²) in [6.07, 6.45) is 58.5. The molecular formula is C56H104NO8P. The zero-order valence-corrected chi connectivity index (χ0v) is 44.5. The molecule has 0 saturated carbocycles. The van der Waals surface area contributed by atoms with Gasteiger partial charge in [-0.3, -0.25) is 14.2 Å². The minimum absolute atomic E-state index is 0.0329. The second-order valence-electron chi connectivity index (χ2n) is 19.6. The van der Waals surface area contributed by atoms with E-state index in [0.29, 0.717) is 17.4 Å². The predicted molar refractivity (Wildman–Crippen MR) is 277 cm³/mol. The average molecular weight is 950 g/mol. The van der Waals surface area contributed by atoms with Gasteiger partial charge < -0.3 is 27.9 Å². The Balaban J connectivity index is 4.21. The van der Waals surface area contributed by atoms with Crippen molar-refractivity contribution in [1.82, 2.24) is 0 Å². The Bertz CT molecular complexity index is 1260. The lowest BCUT2D eigenvalue weighted by molar-refractivity contribution is -0.870. The number of unbranched alkanes of at least 4 members (excludes halogenated alkanes) is 28. The van der Waals surface area contributed by atoms with Crippen molar-refractivity contribution in [2.75, 3.05) is 47.5 Å². The number of phosphoric ester groups is 1. The topological polar surface area (TPSA) is 111 Å². The molecule has 0 aromatic heterocycles. The first-order valence-electron chi connectivity index (χ1n) is 27.3. The van der Waals surface area contributed by atoms with Crippen molar-refractivity contribution in [2.45, 2.75) is 251 Å². The number of hydrogen-bond acceptors (Lipinski definition) is 8. The van der Waals surface area contributed by atoms with Gasteiger partial charge in [0.25, 0.3) is 7.82 Å². The first kappa shape index (κ1) is 64.0. The molecule has 9 nitrogen and oxygen atoms in total. The lowest BCUT2D eigenvalue weighted by Gasteiger charge is -2.28. The Hall–Kier alpha value is -2.03. The minimum Gasteiger partial charge on any atom is -0.756 e. The summed E-state index contributed by atoms with van der Waals surface area (Å²) in [6.45, 7) is 4.23. The Labute approximate surface area is 407 Å². The molecule has 0 radical (unpaired) electrons.